The van der Waals surface area contributed by atoms with Gasteiger partial charge in [-0.1, -0.05) is 31.4 Å². The van der Waals surface area contributed by atoms with Crippen molar-refractivity contribution >= 4 is 24.0 Å². The van der Waals surface area contributed by atoms with E-state index in [0.717, 1.165) is 18.6 Å². The fraction of sp³-hybridized carbons (Fsp3) is 0.500. The maximum absolute atomic E-state index is 13.8. The third-order valence-corrected chi connectivity index (χ3v) is 2.97. The van der Waals surface area contributed by atoms with Gasteiger partial charge in [0.25, 0.3) is 0 Å². The standard InChI is InChI=1S/C12H14ClF4N.ClH/c1-2-3-4-9(18)10-7(12(15,16)17)5-6-8(13)11(10)14;/h5-6,9H,2-4,18H2,1H3;1H/t9-;/m1./s1. The zero-order chi connectivity index (χ0) is 13.9. The summed E-state index contributed by atoms with van der Waals surface area (Å²) in [6.07, 6.45) is -2.94. The quantitative estimate of drug-likeness (QED) is 0.767. The Kier molecular flexibility index (Phi) is 7.11. The van der Waals surface area contributed by atoms with Crippen molar-refractivity contribution in [2.75, 3.05) is 0 Å². The van der Waals surface area contributed by atoms with Gasteiger partial charge in [-0.05, 0) is 18.6 Å². The van der Waals surface area contributed by atoms with Gasteiger partial charge in [-0.15, -0.1) is 12.4 Å². The van der Waals surface area contributed by atoms with Gasteiger partial charge in [0.15, 0.2) is 0 Å². The Morgan fingerprint density at radius 1 is 1.32 bits per heavy atom. The zero-order valence-corrected chi connectivity index (χ0v) is 11.8. The Balaban J connectivity index is 0.00000324. The summed E-state index contributed by atoms with van der Waals surface area (Å²) in [6.45, 7) is 1.88. The van der Waals surface area contributed by atoms with Crippen LogP contribution in [0.4, 0.5) is 17.6 Å². The predicted octanol–water partition coefficient (Wildman–Crippen LogP) is 5.11. The van der Waals surface area contributed by atoms with Crippen LogP contribution < -0.4 is 5.73 Å². The van der Waals surface area contributed by atoms with Gasteiger partial charge >= 0.3 is 6.18 Å². The highest BCUT2D eigenvalue weighted by Crippen LogP contribution is 2.38. The van der Waals surface area contributed by atoms with Gasteiger partial charge in [-0.25, -0.2) is 4.39 Å². The first-order chi connectivity index (χ1) is 8.29. The van der Waals surface area contributed by atoms with E-state index in [1.807, 2.05) is 6.92 Å². The fourth-order valence-electron chi connectivity index (χ4n) is 1.74. The second kappa shape index (κ2) is 7.31. The second-order valence-electron chi connectivity index (χ2n) is 4.07. The summed E-state index contributed by atoms with van der Waals surface area (Å²) in [5.74, 6) is -1.07. The molecule has 0 aromatic heterocycles. The summed E-state index contributed by atoms with van der Waals surface area (Å²) in [6, 6.07) is 0.669. The molecule has 0 aliphatic carbocycles. The van der Waals surface area contributed by atoms with E-state index in [1.54, 1.807) is 0 Å². The Bertz CT molecular complexity index is 421. The predicted molar refractivity (Wildman–Crippen MR) is 70.1 cm³/mol. The maximum Gasteiger partial charge on any atom is 0.416 e. The Labute approximate surface area is 120 Å². The summed E-state index contributed by atoms with van der Waals surface area (Å²) < 4.78 is 52.1. The molecule has 0 spiro atoms. The van der Waals surface area contributed by atoms with Crippen LogP contribution in [0.5, 0.6) is 0 Å². The van der Waals surface area contributed by atoms with Gasteiger partial charge in [0.05, 0.1) is 10.6 Å². The van der Waals surface area contributed by atoms with Gasteiger partial charge in [0, 0.05) is 11.6 Å². The van der Waals surface area contributed by atoms with Crippen molar-refractivity contribution in [1.29, 1.82) is 0 Å². The lowest BCUT2D eigenvalue weighted by atomic mass is 9.96. The van der Waals surface area contributed by atoms with Crippen molar-refractivity contribution in [3.05, 3.63) is 34.1 Å². The first-order valence-corrected chi connectivity index (χ1v) is 5.97. The third-order valence-electron chi connectivity index (χ3n) is 2.68. The lowest BCUT2D eigenvalue weighted by molar-refractivity contribution is -0.138. The number of rotatable bonds is 4. The molecule has 0 aliphatic rings. The average molecular weight is 320 g/mol. The number of unbranched alkanes of at least 4 members (excludes halogenated alkanes) is 1. The van der Waals surface area contributed by atoms with Crippen LogP contribution in [-0.2, 0) is 6.18 Å². The number of alkyl halides is 3. The van der Waals surface area contributed by atoms with Crippen LogP contribution in [0.1, 0.15) is 43.4 Å². The monoisotopic (exact) mass is 319 g/mol. The minimum atomic E-state index is -4.63. The Morgan fingerprint density at radius 2 is 1.89 bits per heavy atom. The van der Waals surface area contributed by atoms with Gasteiger partial charge in [0.1, 0.15) is 5.82 Å². The molecule has 0 heterocycles. The largest absolute Gasteiger partial charge is 0.416 e. The van der Waals surface area contributed by atoms with Gasteiger partial charge in [0.2, 0.25) is 0 Å². The Hall–Kier alpha value is -0.520. The molecule has 0 saturated carbocycles. The van der Waals surface area contributed by atoms with E-state index in [4.69, 9.17) is 17.3 Å². The molecule has 19 heavy (non-hydrogen) atoms. The van der Waals surface area contributed by atoms with E-state index in [2.05, 4.69) is 0 Å². The fourth-order valence-corrected chi connectivity index (χ4v) is 1.91. The molecule has 110 valence electrons. The molecule has 1 nitrogen and oxygen atoms in total. The van der Waals surface area contributed by atoms with E-state index in [0.29, 0.717) is 6.42 Å². The van der Waals surface area contributed by atoms with Gasteiger partial charge in [-0.2, -0.15) is 13.2 Å². The highest BCUT2D eigenvalue weighted by Gasteiger charge is 2.36. The normalized spacial score (nSPS) is 13.0. The lowest BCUT2D eigenvalue weighted by Crippen LogP contribution is -2.19. The topological polar surface area (TPSA) is 26.0 Å². The number of hydrogen-bond acceptors (Lipinski definition) is 1. The Morgan fingerprint density at radius 3 is 2.37 bits per heavy atom. The molecule has 1 rings (SSSR count). The molecular formula is C12H15Cl2F4N. The van der Waals surface area contributed by atoms with E-state index < -0.39 is 29.2 Å². The second-order valence-corrected chi connectivity index (χ2v) is 4.48. The van der Waals surface area contributed by atoms with Crippen LogP contribution in [-0.4, -0.2) is 0 Å². The molecule has 1 atom stereocenters. The molecule has 0 saturated heterocycles. The minimum Gasteiger partial charge on any atom is -0.324 e. The van der Waals surface area contributed by atoms with Crippen LogP contribution in [0.3, 0.4) is 0 Å². The summed E-state index contributed by atoms with van der Waals surface area (Å²) >= 11 is 5.52. The smallest absolute Gasteiger partial charge is 0.324 e. The van der Waals surface area contributed by atoms with Gasteiger partial charge in [-0.3, -0.25) is 0 Å². The van der Waals surface area contributed by atoms with Crippen molar-refractivity contribution < 1.29 is 17.6 Å². The molecule has 1 aromatic rings. The van der Waals surface area contributed by atoms with Crippen molar-refractivity contribution in [2.24, 2.45) is 5.73 Å². The third kappa shape index (κ3) is 4.51. The highest BCUT2D eigenvalue weighted by molar-refractivity contribution is 6.30. The van der Waals surface area contributed by atoms with Crippen molar-refractivity contribution in [3.63, 3.8) is 0 Å². The van der Waals surface area contributed by atoms with E-state index in [1.165, 1.54) is 0 Å². The molecule has 7 heteroatoms. The van der Waals surface area contributed by atoms with Crippen LogP contribution in [0.15, 0.2) is 12.1 Å². The van der Waals surface area contributed by atoms with E-state index in [9.17, 15) is 17.6 Å². The van der Waals surface area contributed by atoms with E-state index >= 15 is 0 Å². The minimum absolute atomic E-state index is 0. The number of nitrogens with two attached hydrogens (primary N) is 1. The van der Waals surface area contributed by atoms with Crippen molar-refractivity contribution in [2.45, 2.75) is 38.4 Å². The molecule has 0 fully saturated rings. The van der Waals surface area contributed by atoms with Crippen LogP contribution in [0.25, 0.3) is 0 Å². The molecule has 0 aliphatic heterocycles. The summed E-state index contributed by atoms with van der Waals surface area (Å²) in [4.78, 5) is 0. The first-order valence-electron chi connectivity index (χ1n) is 5.59. The molecule has 0 radical (unpaired) electrons. The maximum atomic E-state index is 13.8. The van der Waals surface area contributed by atoms with Crippen LogP contribution in [0, 0.1) is 5.82 Å². The number of halogens is 6. The molecule has 0 bridgehead atoms. The average Bonchev–Trinajstić information content (AvgIpc) is 2.27. The molecule has 2 N–H and O–H groups in total. The molecule has 0 amide bonds. The van der Waals surface area contributed by atoms with Gasteiger partial charge < -0.3 is 5.73 Å². The number of hydrogen-bond donors (Lipinski definition) is 1. The van der Waals surface area contributed by atoms with Crippen molar-refractivity contribution in [1.82, 2.24) is 0 Å². The molecular weight excluding hydrogens is 305 g/mol. The number of benzene rings is 1. The first kappa shape index (κ1) is 18.5. The molecule has 0 unspecified atom stereocenters. The van der Waals surface area contributed by atoms with Crippen LogP contribution >= 0.6 is 24.0 Å². The summed E-state index contributed by atoms with van der Waals surface area (Å²) in [5, 5.41) is -0.343. The molecule has 1 aromatic carbocycles. The van der Waals surface area contributed by atoms with Crippen LogP contribution in [0.2, 0.25) is 5.02 Å². The zero-order valence-electron chi connectivity index (χ0n) is 10.2. The van der Waals surface area contributed by atoms with E-state index in [-0.39, 0.29) is 23.9 Å². The lowest BCUT2D eigenvalue weighted by Gasteiger charge is -2.19. The highest BCUT2D eigenvalue weighted by atomic mass is 35.5. The summed E-state index contributed by atoms with van der Waals surface area (Å²) in [7, 11) is 0. The SMILES string of the molecule is CCCC[C@@H](N)c1c(C(F)(F)F)ccc(Cl)c1F.Cl. The summed E-state index contributed by atoms with van der Waals surface area (Å²) in [5.41, 5.74) is 4.06. The van der Waals surface area contributed by atoms with Crippen molar-refractivity contribution in [3.8, 4) is 0 Å².